The summed E-state index contributed by atoms with van der Waals surface area (Å²) in [5.74, 6) is -2.31. The summed E-state index contributed by atoms with van der Waals surface area (Å²) in [6.07, 6.45) is 3.29. The average Bonchev–Trinajstić information content (AvgIpc) is 2.88. The van der Waals surface area contributed by atoms with Crippen molar-refractivity contribution in [2.24, 2.45) is 11.5 Å². The van der Waals surface area contributed by atoms with Gasteiger partial charge in [-0.25, -0.2) is 0 Å². The highest BCUT2D eigenvalue weighted by molar-refractivity contribution is 5.97. The molecular formula is C25H39N7O5. The Labute approximate surface area is 217 Å². The van der Waals surface area contributed by atoms with E-state index in [1.54, 1.807) is 24.3 Å². The fourth-order valence-electron chi connectivity index (χ4n) is 3.95. The summed E-state index contributed by atoms with van der Waals surface area (Å²) in [4.78, 5) is 65.1. The second kappa shape index (κ2) is 15.6. The zero-order valence-corrected chi connectivity index (χ0v) is 21.4. The Morgan fingerprint density at radius 1 is 0.838 bits per heavy atom. The molecular weight excluding hydrogens is 478 g/mol. The summed E-state index contributed by atoms with van der Waals surface area (Å²) in [5, 5.41) is 10.7. The molecule has 204 valence electrons. The normalized spacial score (nSPS) is 20.3. The maximum Gasteiger partial charge on any atom is 0.251 e. The molecule has 2 rings (SSSR count). The molecule has 2 bridgehead atoms. The van der Waals surface area contributed by atoms with Crippen LogP contribution in [0.5, 0.6) is 0 Å². The van der Waals surface area contributed by atoms with E-state index in [1.165, 1.54) is 11.9 Å². The van der Waals surface area contributed by atoms with Gasteiger partial charge in [0.15, 0.2) is 0 Å². The fourth-order valence-corrected chi connectivity index (χ4v) is 3.95. The summed E-state index contributed by atoms with van der Waals surface area (Å²) in [6.45, 7) is 0.435. The quantitative estimate of drug-likeness (QED) is 0.232. The second-order valence-electron chi connectivity index (χ2n) is 9.10. The van der Waals surface area contributed by atoms with Crippen LogP contribution in [0.25, 0.3) is 0 Å². The third kappa shape index (κ3) is 10.2. The number of rotatable bonds is 8. The van der Waals surface area contributed by atoms with Crippen molar-refractivity contribution in [2.45, 2.75) is 57.2 Å². The Hall–Kier alpha value is -3.51. The molecule has 12 nitrogen and oxygen atoms in total. The lowest BCUT2D eigenvalue weighted by atomic mass is 10.1. The average molecular weight is 518 g/mol. The molecule has 0 aromatic heterocycles. The molecule has 0 saturated carbocycles. The molecule has 1 aliphatic rings. The summed E-state index contributed by atoms with van der Waals surface area (Å²) in [7, 11) is 1.46. The number of amides is 5. The maximum absolute atomic E-state index is 13.1. The highest BCUT2D eigenvalue weighted by Crippen LogP contribution is 2.08. The van der Waals surface area contributed by atoms with Gasteiger partial charge in [-0.2, -0.15) is 0 Å². The Kier molecular flexibility index (Phi) is 12.5. The van der Waals surface area contributed by atoms with Crippen molar-refractivity contribution >= 4 is 29.5 Å². The molecule has 12 heteroatoms. The fraction of sp³-hybridized carbons (Fsp3) is 0.560. The highest BCUT2D eigenvalue weighted by Gasteiger charge is 2.27. The van der Waals surface area contributed by atoms with Crippen LogP contribution in [0.4, 0.5) is 0 Å². The minimum atomic E-state index is -0.889. The largest absolute Gasteiger partial charge is 0.350 e. The van der Waals surface area contributed by atoms with E-state index in [2.05, 4.69) is 21.3 Å². The van der Waals surface area contributed by atoms with Gasteiger partial charge in [-0.05, 0) is 69.3 Å². The Bertz CT molecular complexity index is 955. The smallest absolute Gasteiger partial charge is 0.251 e. The first-order valence-corrected chi connectivity index (χ1v) is 12.6. The van der Waals surface area contributed by atoms with Crippen LogP contribution in [0.1, 0.15) is 54.4 Å². The summed E-state index contributed by atoms with van der Waals surface area (Å²) < 4.78 is 0. The van der Waals surface area contributed by atoms with Gasteiger partial charge in [0.05, 0.1) is 13.1 Å². The number of nitrogens with one attached hydrogen (secondary N) is 4. The molecule has 1 aromatic carbocycles. The molecule has 1 heterocycles. The van der Waals surface area contributed by atoms with Crippen LogP contribution in [0.2, 0.25) is 0 Å². The van der Waals surface area contributed by atoms with Crippen LogP contribution in [-0.2, 0) is 25.7 Å². The third-order valence-electron chi connectivity index (χ3n) is 6.00. The number of hydrogen-bond donors (Lipinski definition) is 6. The molecule has 0 spiro atoms. The molecule has 0 saturated heterocycles. The first kappa shape index (κ1) is 29.7. The Morgan fingerprint density at radius 3 is 2.16 bits per heavy atom. The van der Waals surface area contributed by atoms with Gasteiger partial charge in [-0.15, -0.1) is 0 Å². The van der Waals surface area contributed by atoms with Gasteiger partial charge >= 0.3 is 0 Å². The van der Waals surface area contributed by atoms with E-state index in [4.69, 9.17) is 11.5 Å². The minimum Gasteiger partial charge on any atom is -0.350 e. The van der Waals surface area contributed by atoms with Crippen molar-refractivity contribution in [3.05, 3.63) is 35.4 Å². The van der Waals surface area contributed by atoms with Gasteiger partial charge in [0.25, 0.3) is 5.91 Å². The van der Waals surface area contributed by atoms with Crippen LogP contribution in [-0.4, -0.2) is 79.7 Å². The van der Waals surface area contributed by atoms with Crippen molar-refractivity contribution in [1.82, 2.24) is 26.2 Å². The van der Waals surface area contributed by atoms with Gasteiger partial charge in [-0.3, -0.25) is 24.0 Å². The van der Waals surface area contributed by atoms with Crippen LogP contribution in [0.15, 0.2) is 24.3 Å². The Morgan fingerprint density at radius 2 is 1.49 bits per heavy atom. The van der Waals surface area contributed by atoms with Gasteiger partial charge in [0.2, 0.25) is 23.6 Å². The first-order chi connectivity index (χ1) is 17.7. The third-order valence-corrected chi connectivity index (χ3v) is 6.00. The number of nitrogens with zero attached hydrogens (tertiary/aromatic N) is 1. The number of benzene rings is 1. The lowest BCUT2D eigenvalue weighted by Gasteiger charge is -2.26. The minimum absolute atomic E-state index is 0.145. The van der Waals surface area contributed by atoms with Crippen molar-refractivity contribution < 1.29 is 24.0 Å². The van der Waals surface area contributed by atoms with Gasteiger partial charge in [0.1, 0.15) is 12.1 Å². The summed E-state index contributed by atoms with van der Waals surface area (Å²) >= 11 is 0. The molecule has 0 aliphatic carbocycles. The SMILES string of the molecule is CN1CC(=O)N[C@@H](CCCCN)C(=O)NCc2cccc(c2)C(=O)NCC(=O)N[C@@H](CCCCN)C1=O. The number of carbonyl (C=O) groups excluding carboxylic acids is 5. The van der Waals surface area contributed by atoms with Gasteiger partial charge in [0, 0.05) is 19.2 Å². The maximum atomic E-state index is 13.1. The molecule has 0 radical (unpaired) electrons. The predicted molar refractivity (Wildman–Crippen MR) is 138 cm³/mol. The molecule has 1 aromatic rings. The lowest BCUT2D eigenvalue weighted by molar-refractivity contribution is -0.139. The lowest BCUT2D eigenvalue weighted by Crippen LogP contribution is -2.53. The number of fused-ring (bicyclic) bond motifs is 2. The molecule has 0 fully saturated rings. The molecule has 8 N–H and O–H groups in total. The number of nitrogens with two attached hydrogens (primary N) is 2. The van der Waals surface area contributed by atoms with Crippen molar-refractivity contribution in [3.63, 3.8) is 0 Å². The van der Waals surface area contributed by atoms with E-state index < -0.39 is 35.7 Å². The number of hydrogen-bond acceptors (Lipinski definition) is 7. The van der Waals surface area contributed by atoms with Crippen molar-refractivity contribution in [1.29, 1.82) is 0 Å². The topological polar surface area (TPSA) is 189 Å². The monoisotopic (exact) mass is 517 g/mol. The second-order valence-corrected chi connectivity index (χ2v) is 9.10. The van der Waals surface area contributed by atoms with E-state index >= 15 is 0 Å². The molecule has 0 unspecified atom stereocenters. The van der Waals surface area contributed by atoms with E-state index in [-0.39, 0.29) is 25.5 Å². The Balaban J connectivity index is 2.28. The zero-order valence-electron chi connectivity index (χ0n) is 21.4. The summed E-state index contributed by atoms with van der Waals surface area (Å²) in [6, 6.07) is 4.95. The highest BCUT2D eigenvalue weighted by atomic mass is 16.2. The number of likely N-dealkylation sites (N-methyl/N-ethyl adjacent to an activating group) is 1. The van der Waals surface area contributed by atoms with E-state index in [1.807, 2.05) is 0 Å². The molecule has 37 heavy (non-hydrogen) atoms. The predicted octanol–water partition coefficient (Wildman–Crippen LogP) is -1.27. The van der Waals surface area contributed by atoms with Crippen LogP contribution in [0, 0.1) is 0 Å². The number of carbonyl (C=O) groups is 5. The van der Waals surface area contributed by atoms with Crippen molar-refractivity contribution in [3.8, 4) is 0 Å². The zero-order chi connectivity index (χ0) is 27.2. The standard InChI is InChI=1S/C25H39N7O5/c1-32-16-22(34)30-19(9-2-4-11-26)24(36)28-14-17-7-6-8-18(13-17)23(35)29-15-21(33)31-20(25(32)37)10-3-5-12-27/h6-8,13,19-20H,2-5,9-12,14-16,26-27H2,1H3,(H,28,36)(H,29,35)(H,30,34)(H,31,33)/t19-,20-/m0/s1. The molecule has 2 atom stereocenters. The first-order valence-electron chi connectivity index (χ1n) is 12.6. The van der Waals surface area contributed by atoms with Crippen LogP contribution >= 0.6 is 0 Å². The van der Waals surface area contributed by atoms with E-state index in [0.717, 1.165) is 0 Å². The van der Waals surface area contributed by atoms with Crippen LogP contribution < -0.4 is 32.7 Å². The molecule has 1 aliphatic heterocycles. The van der Waals surface area contributed by atoms with Crippen molar-refractivity contribution in [2.75, 3.05) is 33.2 Å². The summed E-state index contributed by atoms with van der Waals surface area (Å²) in [5.41, 5.74) is 12.1. The van der Waals surface area contributed by atoms with Crippen LogP contribution in [0.3, 0.4) is 0 Å². The number of unbranched alkanes of at least 4 members (excludes halogenated alkanes) is 2. The van der Waals surface area contributed by atoms with Gasteiger partial charge < -0.3 is 37.6 Å². The van der Waals surface area contributed by atoms with E-state index in [9.17, 15) is 24.0 Å². The van der Waals surface area contributed by atoms with Gasteiger partial charge in [-0.1, -0.05) is 12.1 Å². The van der Waals surface area contributed by atoms with E-state index in [0.29, 0.717) is 62.7 Å². The molecule has 5 amide bonds.